The second-order valence-electron chi connectivity index (χ2n) is 4.90. The summed E-state index contributed by atoms with van der Waals surface area (Å²) >= 11 is 3.33. The van der Waals surface area contributed by atoms with Crippen LogP contribution in [0.15, 0.2) is 46.9 Å². The third-order valence-electron chi connectivity index (χ3n) is 3.40. The summed E-state index contributed by atoms with van der Waals surface area (Å²) in [5.41, 5.74) is 2.21. The van der Waals surface area contributed by atoms with Gasteiger partial charge in [0, 0.05) is 5.56 Å². The first-order valence-corrected chi connectivity index (χ1v) is 7.97. The van der Waals surface area contributed by atoms with E-state index in [1.54, 1.807) is 30.3 Å². The van der Waals surface area contributed by atoms with Gasteiger partial charge in [-0.3, -0.25) is 4.79 Å². The molecule has 0 radical (unpaired) electrons. The van der Waals surface area contributed by atoms with Crippen molar-refractivity contribution in [3.63, 3.8) is 0 Å². The zero-order valence-electron chi connectivity index (χ0n) is 13.0. The number of ether oxygens (including phenoxy) is 2. The number of hydrogen-bond donors (Lipinski definition) is 0. The minimum Gasteiger partial charge on any atom is -0.484 e. The quantitative estimate of drug-likeness (QED) is 0.563. The number of ketones is 1. The van der Waals surface area contributed by atoms with E-state index in [0.29, 0.717) is 21.3 Å². The molecule has 4 nitrogen and oxygen atoms in total. The van der Waals surface area contributed by atoms with Crippen LogP contribution in [0.3, 0.4) is 0 Å². The highest BCUT2D eigenvalue weighted by atomic mass is 79.9. The van der Waals surface area contributed by atoms with Crippen LogP contribution < -0.4 is 4.74 Å². The zero-order valence-corrected chi connectivity index (χ0v) is 14.6. The van der Waals surface area contributed by atoms with Gasteiger partial charge in [-0.2, -0.15) is 0 Å². The summed E-state index contributed by atoms with van der Waals surface area (Å²) in [6.45, 7) is 2.00. The average Bonchev–Trinajstić information content (AvgIpc) is 2.59. The first kappa shape index (κ1) is 17.2. The molecule has 0 saturated heterocycles. The summed E-state index contributed by atoms with van der Waals surface area (Å²) in [6.07, 6.45) is 0.935. The van der Waals surface area contributed by atoms with Crippen LogP contribution in [0, 0.1) is 0 Å². The monoisotopic (exact) mass is 376 g/mol. The van der Waals surface area contributed by atoms with Gasteiger partial charge in [0.1, 0.15) is 5.75 Å². The van der Waals surface area contributed by atoms with E-state index in [0.717, 1.165) is 6.42 Å². The van der Waals surface area contributed by atoms with E-state index in [1.807, 2.05) is 12.1 Å². The van der Waals surface area contributed by atoms with Gasteiger partial charge < -0.3 is 9.47 Å². The molecular formula is C18H17BrO4. The van der Waals surface area contributed by atoms with Gasteiger partial charge >= 0.3 is 5.97 Å². The van der Waals surface area contributed by atoms with E-state index in [-0.39, 0.29) is 12.4 Å². The highest BCUT2D eigenvalue weighted by Crippen LogP contribution is 2.26. The topological polar surface area (TPSA) is 52.6 Å². The van der Waals surface area contributed by atoms with Crippen molar-refractivity contribution in [2.75, 3.05) is 13.7 Å². The maximum absolute atomic E-state index is 12.1. The summed E-state index contributed by atoms with van der Waals surface area (Å²) in [5.74, 6) is -0.0304. The lowest BCUT2D eigenvalue weighted by atomic mass is 10.1. The van der Waals surface area contributed by atoms with Gasteiger partial charge in [-0.05, 0) is 46.1 Å². The lowest BCUT2D eigenvalue weighted by Gasteiger charge is -2.09. The summed E-state index contributed by atoms with van der Waals surface area (Å²) in [7, 11) is 1.32. The Morgan fingerprint density at radius 1 is 1.04 bits per heavy atom. The molecule has 0 fully saturated rings. The third kappa shape index (κ3) is 4.42. The minimum absolute atomic E-state index is 0.0678. The van der Waals surface area contributed by atoms with Gasteiger partial charge in [0.15, 0.2) is 12.4 Å². The minimum atomic E-state index is -0.427. The fourth-order valence-corrected chi connectivity index (χ4v) is 2.51. The molecule has 5 heteroatoms. The predicted molar refractivity (Wildman–Crippen MR) is 91.1 cm³/mol. The molecule has 23 heavy (non-hydrogen) atoms. The summed E-state index contributed by atoms with van der Waals surface area (Å²) in [4.78, 5) is 23.6. The molecule has 0 unspecified atom stereocenters. The molecule has 0 aliphatic heterocycles. The highest BCUT2D eigenvalue weighted by molar-refractivity contribution is 9.10. The smallest absolute Gasteiger partial charge is 0.337 e. The molecule has 0 aliphatic rings. The van der Waals surface area contributed by atoms with Gasteiger partial charge in [-0.1, -0.05) is 31.2 Å². The highest BCUT2D eigenvalue weighted by Gasteiger charge is 2.11. The van der Waals surface area contributed by atoms with Crippen molar-refractivity contribution < 1.29 is 19.1 Å². The van der Waals surface area contributed by atoms with Gasteiger partial charge in [-0.15, -0.1) is 0 Å². The number of halogens is 1. The molecule has 0 N–H and O–H groups in total. The lowest BCUT2D eigenvalue weighted by Crippen LogP contribution is -2.12. The van der Waals surface area contributed by atoms with E-state index < -0.39 is 5.97 Å². The molecule has 2 aromatic rings. The SMILES string of the molecule is CCc1ccc(C(=O)COc2ccc(C(=O)OC)cc2Br)cc1. The van der Waals surface area contributed by atoms with Gasteiger partial charge in [-0.25, -0.2) is 4.79 Å². The maximum Gasteiger partial charge on any atom is 0.337 e. The molecule has 0 aliphatic carbocycles. The zero-order chi connectivity index (χ0) is 16.8. The van der Waals surface area contributed by atoms with Crippen LogP contribution >= 0.6 is 15.9 Å². The van der Waals surface area contributed by atoms with Crippen molar-refractivity contribution in [3.05, 3.63) is 63.6 Å². The standard InChI is InChI=1S/C18H17BrO4/c1-3-12-4-6-13(7-5-12)16(20)11-23-17-9-8-14(10-15(17)19)18(21)22-2/h4-10H,3,11H2,1-2H3. The number of carbonyl (C=O) groups is 2. The van der Waals surface area contributed by atoms with Crippen molar-refractivity contribution in [2.24, 2.45) is 0 Å². The number of aryl methyl sites for hydroxylation is 1. The van der Waals surface area contributed by atoms with Crippen molar-refractivity contribution in [2.45, 2.75) is 13.3 Å². The first-order chi connectivity index (χ1) is 11.0. The van der Waals surface area contributed by atoms with E-state index in [4.69, 9.17) is 4.74 Å². The normalized spacial score (nSPS) is 10.2. The van der Waals surface area contributed by atoms with Crippen LogP contribution in [-0.2, 0) is 11.2 Å². The van der Waals surface area contributed by atoms with Crippen LogP contribution in [0.1, 0.15) is 33.2 Å². The molecule has 120 valence electrons. The van der Waals surface area contributed by atoms with E-state index in [9.17, 15) is 9.59 Å². The Labute approximate surface area is 143 Å². The van der Waals surface area contributed by atoms with E-state index in [1.165, 1.54) is 12.7 Å². The van der Waals surface area contributed by atoms with E-state index in [2.05, 4.69) is 27.6 Å². The number of carbonyl (C=O) groups excluding carboxylic acids is 2. The Balaban J connectivity index is 2.02. The lowest BCUT2D eigenvalue weighted by molar-refractivity contribution is 0.0600. The third-order valence-corrected chi connectivity index (χ3v) is 4.02. The van der Waals surface area contributed by atoms with Crippen LogP contribution in [0.4, 0.5) is 0 Å². The number of rotatable bonds is 6. The Morgan fingerprint density at radius 2 is 1.70 bits per heavy atom. The largest absolute Gasteiger partial charge is 0.484 e. The second-order valence-corrected chi connectivity index (χ2v) is 5.75. The molecule has 0 atom stereocenters. The Kier molecular flexibility index (Phi) is 5.93. The van der Waals surface area contributed by atoms with Crippen molar-refractivity contribution in [3.8, 4) is 5.75 Å². The molecule has 0 heterocycles. The molecule has 2 aromatic carbocycles. The van der Waals surface area contributed by atoms with E-state index >= 15 is 0 Å². The van der Waals surface area contributed by atoms with Crippen molar-refractivity contribution in [1.29, 1.82) is 0 Å². The molecule has 2 rings (SSSR count). The summed E-state index contributed by atoms with van der Waals surface area (Å²) in [5, 5.41) is 0. The fourth-order valence-electron chi connectivity index (χ4n) is 2.02. The number of esters is 1. The van der Waals surface area contributed by atoms with Gasteiger partial charge in [0.25, 0.3) is 0 Å². The fraction of sp³-hybridized carbons (Fsp3) is 0.222. The molecular weight excluding hydrogens is 360 g/mol. The molecule has 0 amide bonds. The Bertz CT molecular complexity index is 707. The summed E-state index contributed by atoms with van der Waals surface area (Å²) < 4.78 is 10.8. The Hall–Kier alpha value is -2.14. The van der Waals surface area contributed by atoms with Gasteiger partial charge in [0.05, 0.1) is 17.1 Å². The maximum atomic E-state index is 12.1. The van der Waals surface area contributed by atoms with Gasteiger partial charge in [0.2, 0.25) is 0 Å². The second kappa shape index (κ2) is 7.92. The molecule has 0 spiro atoms. The predicted octanol–water partition coefficient (Wildman–Crippen LogP) is 4.06. The molecule has 0 saturated carbocycles. The van der Waals surface area contributed by atoms with Crippen LogP contribution in [-0.4, -0.2) is 25.5 Å². The number of methoxy groups -OCH3 is 1. The summed E-state index contributed by atoms with van der Waals surface area (Å²) in [6, 6.07) is 12.3. The van der Waals surface area contributed by atoms with Crippen LogP contribution in [0.25, 0.3) is 0 Å². The van der Waals surface area contributed by atoms with Crippen molar-refractivity contribution >= 4 is 27.7 Å². The Morgan fingerprint density at radius 3 is 2.26 bits per heavy atom. The number of hydrogen-bond acceptors (Lipinski definition) is 4. The van der Waals surface area contributed by atoms with Crippen LogP contribution in [0.5, 0.6) is 5.75 Å². The molecule has 0 aromatic heterocycles. The number of benzene rings is 2. The number of Topliss-reactive ketones (excluding diaryl/α,β-unsaturated/α-hetero) is 1. The van der Waals surface area contributed by atoms with Crippen molar-refractivity contribution in [1.82, 2.24) is 0 Å². The molecule has 0 bridgehead atoms. The average molecular weight is 377 g/mol. The first-order valence-electron chi connectivity index (χ1n) is 7.18. The van der Waals surface area contributed by atoms with Crippen LogP contribution in [0.2, 0.25) is 0 Å².